The van der Waals surface area contributed by atoms with E-state index in [0.717, 1.165) is 12.8 Å². The highest BCUT2D eigenvalue weighted by Crippen LogP contribution is 2.39. The van der Waals surface area contributed by atoms with Gasteiger partial charge in [-0.15, -0.1) is 0 Å². The normalized spacial score (nSPS) is 17.8. The Balaban J connectivity index is 2.11. The molecule has 1 fully saturated rings. The van der Waals surface area contributed by atoms with E-state index in [1.807, 2.05) is 6.92 Å². The van der Waals surface area contributed by atoms with Gasteiger partial charge < -0.3 is 11.1 Å². The van der Waals surface area contributed by atoms with Gasteiger partial charge in [0.25, 0.3) is 5.91 Å². The molecule has 128 valence electrons. The van der Waals surface area contributed by atoms with Crippen LogP contribution in [0.2, 0.25) is 0 Å². The number of amides is 1. The first-order valence-corrected chi connectivity index (χ1v) is 9.31. The molecule has 1 aromatic carbocycles. The molecule has 0 saturated heterocycles. The Morgan fingerprint density at radius 2 is 1.87 bits per heavy atom. The molecular weight excluding hydrogens is 314 g/mol. The van der Waals surface area contributed by atoms with Gasteiger partial charge in [0.1, 0.15) is 0 Å². The first-order chi connectivity index (χ1) is 10.7. The SMILES string of the molecule is CC(C)NS(=O)(=O)c1ccc(C(=O)NC(C)(CN)C2CC2)cc1. The maximum absolute atomic E-state index is 12.4. The minimum atomic E-state index is -3.55. The lowest BCUT2D eigenvalue weighted by Crippen LogP contribution is -2.53. The number of nitrogens with two attached hydrogens (primary N) is 1. The molecular formula is C16H25N3O3S. The van der Waals surface area contributed by atoms with Gasteiger partial charge in [-0.25, -0.2) is 13.1 Å². The van der Waals surface area contributed by atoms with Crippen LogP contribution in [-0.4, -0.2) is 32.5 Å². The zero-order chi connectivity index (χ0) is 17.3. The lowest BCUT2D eigenvalue weighted by Gasteiger charge is -2.29. The van der Waals surface area contributed by atoms with E-state index in [2.05, 4.69) is 10.0 Å². The third kappa shape index (κ3) is 4.31. The van der Waals surface area contributed by atoms with Crippen molar-refractivity contribution in [3.63, 3.8) is 0 Å². The second-order valence-corrected chi connectivity index (χ2v) is 8.36. The average molecular weight is 339 g/mol. The Labute approximate surface area is 137 Å². The summed E-state index contributed by atoms with van der Waals surface area (Å²) >= 11 is 0. The van der Waals surface area contributed by atoms with Gasteiger partial charge in [-0.2, -0.15) is 0 Å². The van der Waals surface area contributed by atoms with E-state index in [-0.39, 0.29) is 16.8 Å². The molecule has 1 aliphatic carbocycles. The summed E-state index contributed by atoms with van der Waals surface area (Å²) in [6.45, 7) is 5.85. The number of rotatable bonds is 7. The van der Waals surface area contributed by atoms with Crippen LogP contribution in [0.5, 0.6) is 0 Å². The standard InChI is InChI=1S/C16H25N3O3S/c1-11(2)19-23(21,22)14-8-4-12(5-9-14)15(20)18-16(3,10-17)13-6-7-13/h4-5,8-9,11,13,19H,6-7,10,17H2,1-3H3,(H,18,20). The molecule has 1 unspecified atom stereocenters. The minimum Gasteiger partial charge on any atom is -0.345 e. The molecule has 2 rings (SSSR count). The fourth-order valence-electron chi connectivity index (χ4n) is 2.54. The van der Waals surface area contributed by atoms with E-state index in [1.165, 1.54) is 24.3 Å². The maximum atomic E-state index is 12.4. The van der Waals surface area contributed by atoms with E-state index < -0.39 is 15.6 Å². The number of hydrogen-bond acceptors (Lipinski definition) is 4. The second-order valence-electron chi connectivity index (χ2n) is 6.65. The Morgan fingerprint density at radius 1 is 1.30 bits per heavy atom. The third-order valence-corrected chi connectivity index (χ3v) is 5.79. The van der Waals surface area contributed by atoms with E-state index >= 15 is 0 Å². The van der Waals surface area contributed by atoms with Crippen molar-refractivity contribution >= 4 is 15.9 Å². The van der Waals surface area contributed by atoms with Gasteiger partial charge in [0, 0.05) is 18.2 Å². The van der Waals surface area contributed by atoms with Crippen LogP contribution in [-0.2, 0) is 10.0 Å². The summed E-state index contributed by atoms with van der Waals surface area (Å²) in [5.74, 6) is 0.192. The van der Waals surface area contributed by atoms with Crippen molar-refractivity contribution in [2.24, 2.45) is 11.7 Å². The summed E-state index contributed by atoms with van der Waals surface area (Å²) in [7, 11) is -3.55. The van der Waals surface area contributed by atoms with Crippen LogP contribution in [0.1, 0.15) is 44.0 Å². The van der Waals surface area contributed by atoms with Crippen molar-refractivity contribution in [3.05, 3.63) is 29.8 Å². The fourth-order valence-corrected chi connectivity index (χ4v) is 3.79. The monoisotopic (exact) mass is 339 g/mol. The summed E-state index contributed by atoms with van der Waals surface area (Å²) in [5, 5.41) is 2.98. The molecule has 1 amide bonds. The smallest absolute Gasteiger partial charge is 0.251 e. The average Bonchev–Trinajstić information content (AvgIpc) is 3.31. The Bertz CT molecular complexity index is 666. The lowest BCUT2D eigenvalue weighted by atomic mass is 9.95. The zero-order valence-electron chi connectivity index (χ0n) is 13.8. The van der Waals surface area contributed by atoms with Gasteiger partial charge in [-0.05, 0) is 63.8 Å². The van der Waals surface area contributed by atoms with E-state index in [4.69, 9.17) is 5.73 Å². The van der Waals surface area contributed by atoms with Crippen LogP contribution in [0.25, 0.3) is 0 Å². The number of carbonyl (C=O) groups excluding carboxylic acids is 1. The Morgan fingerprint density at radius 3 is 2.30 bits per heavy atom. The van der Waals surface area contributed by atoms with Gasteiger partial charge >= 0.3 is 0 Å². The minimum absolute atomic E-state index is 0.145. The summed E-state index contributed by atoms with van der Waals surface area (Å²) in [4.78, 5) is 12.5. The fraction of sp³-hybridized carbons (Fsp3) is 0.562. The topological polar surface area (TPSA) is 101 Å². The predicted octanol–water partition coefficient (Wildman–Crippen LogP) is 1.23. The molecule has 1 atom stereocenters. The van der Waals surface area contributed by atoms with E-state index in [1.54, 1.807) is 13.8 Å². The van der Waals surface area contributed by atoms with Gasteiger partial charge in [0.15, 0.2) is 0 Å². The molecule has 0 heterocycles. The van der Waals surface area contributed by atoms with Crippen molar-refractivity contribution in [2.45, 2.75) is 50.1 Å². The molecule has 0 spiro atoms. The summed E-state index contributed by atoms with van der Waals surface area (Å²) < 4.78 is 26.6. The van der Waals surface area contributed by atoms with Crippen LogP contribution in [0.3, 0.4) is 0 Å². The molecule has 0 aliphatic heterocycles. The van der Waals surface area contributed by atoms with Crippen molar-refractivity contribution in [2.75, 3.05) is 6.54 Å². The molecule has 4 N–H and O–H groups in total. The van der Waals surface area contributed by atoms with Crippen LogP contribution >= 0.6 is 0 Å². The van der Waals surface area contributed by atoms with Crippen LogP contribution in [0, 0.1) is 5.92 Å². The van der Waals surface area contributed by atoms with Gasteiger partial charge in [0.05, 0.1) is 10.4 Å². The lowest BCUT2D eigenvalue weighted by molar-refractivity contribution is 0.0897. The summed E-state index contributed by atoms with van der Waals surface area (Å²) in [5.41, 5.74) is 5.82. The van der Waals surface area contributed by atoms with Crippen molar-refractivity contribution in [1.82, 2.24) is 10.0 Å². The molecule has 1 saturated carbocycles. The predicted molar refractivity (Wildman–Crippen MR) is 89.5 cm³/mol. The highest BCUT2D eigenvalue weighted by Gasteiger charge is 2.41. The molecule has 7 heteroatoms. The van der Waals surface area contributed by atoms with E-state index in [0.29, 0.717) is 18.0 Å². The van der Waals surface area contributed by atoms with E-state index in [9.17, 15) is 13.2 Å². The first kappa shape index (κ1) is 17.9. The third-order valence-electron chi connectivity index (χ3n) is 4.12. The highest BCUT2D eigenvalue weighted by molar-refractivity contribution is 7.89. The number of nitrogens with one attached hydrogen (secondary N) is 2. The molecule has 6 nitrogen and oxygen atoms in total. The highest BCUT2D eigenvalue weighted by atomic mass is 32.2. The van der Waals surface area contributed by atoms with Crippen LogP contribution in [0.4, 0.5) is 0 Å². The number of hydrogen-bond donors (Lipinski definition) is 3. The van der Waals surface area contributed by atoms with Crippen molar-refractivity contribution in [1.29, 1.82) is 0 Å². The molecule has 1 aromatic rings. The Kier molecular flexibility index (Phi) is 5.13. The number of carbonyl (C=O) groups is 1. The second kappa shape index (κ2) is 6.59. The van der Waals surface area contributed by atoms with Crippen molar-refractivity contribution < 1.29 is 13.2 Å². The molecule has 23 heavy (non-hydrogen) atoms. The van der Waals surface area contributed by atoms with Gasteiger partial charge in [0.2, 0.25) is 10.0 Å². The van der Waals surface area contributed by atoms with Crippen molar-refractivity contribution in [3.8, 4) is 0 Å². The summed E-state index contributed by atoms with van der Waals surface area (Å²) in [6.07, 6.45) is 2.15. The molecule has 1 aliphatic rings. The summed E-state index contributed by atoms with van der Waals surface area (Å²) in [6, 6.07) is 5.74. The van der Waals surface area contributed by atoms with Gasteiger partial charge in [-0.1, -0.05) is 0 Å². The van der Waals surface area contributed by atoms with Gasteiger partial charge in [-0.3, -0.25) is 4.79 Å². The van der Waals surface area contributed by atoms with Crippen LogP contribution < -0.4 is 15.8 Å². The van der Waals surface area contributed by atoms with Crippen LogP contribution in [0.15, 0.2) is 29.2 Å². The molecule has 0 aromatic heterocycles. The molecule has 0 bridgehead atoms. The molecule has 0 radical (unpaired) electrons. The maximum Gasteiger partial charge on any atom is 0.251 e. The quantitative estimate of drug-likeness (QED) is 0.695. The Hall–Kier alpha value is -1.44. The first-order valence-electron chi connectivity index (χ1n) is 7.83. The zero-order valence-corrected chi connectivity index (χ0v) is 14.6. The number of sulfonamides is 1. The largest absolute Gasteiger partial charge is 0.345 e. The number of benzene rings is 1.